The lowest BCUT2D eigenvalue weighted by molar-refractivity contribution is 0.318. The molecule has 0 aliphatic heterocycles. The number of aliphatic hydroxyl groups is 1. The average molecular weight is 380 g/mol. The average Bonchev–Trinajstić information content (AvgIpc) is 2.61. The number of hydrogen-bond acceptors (Lipinski definition) is 4. The standard InChI is InChI=1S/C12H17F2N3S.C2H6O.2C2H6/c1-6(7(2)18-12(16)17-3)9-4-8(15)5-10(13)11(9)14;1-2-3;2*1-2/h4-7H,15H2,1-3H3,(H2,16,17);3H,2H2,1H3;2*1-2H3/t6-,7?;;;/m1.../s1. The predicted molar refractivity (Wildman–Crippen MR) is 109 cm³/mol. The number of halogens is 2. The first kappa shape index (κ1) is 28.5. The van der Waals surface area contributed by atoms with Gasteiger partial charge in [0.25, 0.3) is 0 Å². The van der Waals surface area contributed by atoms with Gasteiger partial charge in [-0.05, 0) is 30.5 Å². The van der Waals surface area contributed by atoms with Crippen molar-refractivity contribution in [1.29, 1.82) is 0 Å². The summed E-state index contributed by atoms with van der Waals surface area (Å²) in [4.78, 5) is 3.83. The maximum atomic E-state index is 13.7. The van der Waals surface area contributed by atoms with Crippen molar-refractivity contribution in [2.45, 2.75) is 59.6 Å². The fraction of sp³-hybridized carbons (Fsp3) is 0.611. The summed E-state index contributed by atoms with van der Waals surface area (Å²) in [7, 11) is 1.58. The van der Waals surface area contributed by atoms with Crippen molar-refractivity contribution in [2.24, 2.45) is 10.7 Å². The largest absolute Gasteiger partial charge is 0.399 e. The monoisotopic (exact) mass is 379 g/mol. The molecule has 0 radical (unpaired) electrons. The Hall–Kier alpha value is -1.34. The lowest BCUT2D eigenvalue weighted by atomic mass is 9.97. The van der Waals surface area contributed by atoms with Crippen molar-refractivity contribution in [3.63, 3.8) is 0 Å². The van der Waals surface area contributed by atoms with Crippen LogP contribution in [0.15, 0.2) is 17.1 Å². The topological polar surface area (TPSA) is 84.6 Å². The van der Waals surface area contributed by atoms with Gasteiger partial charge in [0.2, 0.25) is 0 Å². The summed E-state index contributed by atoms with van der Waals surface area (Å²) in [5.74, 6) is -2.00. The third kappa shape index (κ3) is 11.8. The lowest BCUT2D eigenvalue weighted by Crippen LogP contribution is -2.17. The maximum Gasteiger partial charge on any atom is 0.162 e. The molecular formula is C18H35F2N3OS. The molecule has 0 bridgehead atoms. The minimum absolute atomic E-state index is 0.0376. The Labute approximate surface area is 156 Å². The summed E-state index contributed by atoms with van der Waals surface area (Å²) < 4.78 is 27.0. The number of benzene rings is 1. The number of nitrogens with two attached hydrogens (primary N) is 2. The Bertz CT molecular complexity index is 486. The van der Waals surface area contributed by atoms with Gasteiger partial charge in [-0.15, -0.1) is 0 Å². The number of hydrogen-bond donors (Lipinski definition) is 3. The van der Waals surface area contributed by atoms with E-state index in [4.69, 9.17) is 16.6 Å². The van der Waals surface area contributed by atoms with E-state index in [9.17, 15) is 8.78 Å². The Morgan fingerprint density at radius 2 is 1.64 bits per heavy atom. The van der Waals surface area contributed by atoms with Crippen LogP contribution >= 0.6 is 11.8 Å². The Morgan fingerprint density at radius 1 is 1.20 bits per heavy atom. The van der Waals surface area contributed by atoms with Gasteiger partial charge in [0.1, 0.15) is 0 Å². The number of thioether (sulfide) groups is 1. The van der Waals surface area contributed by atoms with E-state index in [1.165, 1.54) is 17.8 Å². The van der Waals surface area contributed by atoms with Crippen molar-refractivity contribution >= 4 is 22.6 Å². The predicted octanol–water partition coefficient (Wildman–Crippen LogP) is 4.77. The molecule has 4 nitrogen and oxygen atoms in total. The van der Waals surface area contributed by atoms with Crippen molar-refractivity contribution in [3.8, 4) is 0 Å². The summed E-state index contributed by atoms with van der Waals surface area (Å²) in [5, 5.41) is 7.95. The normalized spacial score (nSPS) is 12.4. The first-order valence-electron chi connectivity index (χ1n) is 8.52. The SMILES string of the molecule is CC.CC.CCO.CN=C(N)SC(C)[C@@H](C)c1cc(N)cc(F)c1F. The molecule has 0 saturated heterocycles. The second-order valence-corrected chi connectivity index (χ2v) is 5.79. The maximum absolute atomic E-state index is 13.7. The lowest BCUT2D eigenvalue weighted by Gasteiger charge is -2.20. The second kappa shape index (κ2) is 17.5. The zero-order valence-corrected chi connectivity index (χ0v) is 17.5. The third-order valence-corrected chi connectivity index (χ3v) is 4.00. The van der Waals surface area contributed by atoms with Gasteiger partial charge in [-0.3, -0.25) is 4.99 Å². The first-order valence-corrected chi connectivity index (χ1v) is 9.40. The fourth-order valence-electron chi connectivity index (χ4n) is 1.56. The molecule has 1 aromatic carbocycles. The molecule has 1 rings (SSSR count). The number of amidine groups is 1. The van der Waals surface area contributed by atoms with Crippen LogP contribution < -0.4 is 11.5 Å². The van der Waals surface area contributed by atoms with Crippen molar-refractivity contribution in [3.05, 3.63) is 29.3 Å². The molecule has 0 aliphatic carbocycles. The van der Waals surface area contributed by atoms with Crippen LogP contribution in [0.4, 0.5) is 14.5 Å². The molecule has 0 amide bonds. The fourth-order valence-corrected chi connectivity index (χ4v) is 2.40. The van der Waals surface area contributed by atoms with E-state index in [0.29, 0.717) is 5.17 Å². The van der Waals surface area contributed by atoms with E-state index in [-0.39, 0.29) is 29.0 Å². The molecule has 25 heavy (non-hydrogen) atoms. The smallest absolute Gasteiger partial charge is 0.162 e. The molecule has 0 fully saturated rings. The zero-order chi connectivity index (χ0) is 20.6. The van der Waals surface area contributed by atoms with Gasteiger partial charge >= 0.3 is 0 Å². The Balaban J connectivity index is -0.000000605. The molecule has 0 saturated carbocycles. The second-order valence-electron chi connectivity index (χ2n) is 4.40. The summed E-state index contributed by atoms with van der Waals surface area (Å²) in [5.41, 5.74) is 11.6. The van der Waals surface area contributed by atoms with E-state index in [0.717, 1.165) is 6.07 Å². The highest BCUT2D eigenvalue weighted by Crippen LogP contribution is 2.31. The molecule has 0 spiro atoms. The van der Waals surface area contributed by atoms with Crippen LogP contribution in [0.1, 0.15) is 59.9 Å². The quantitative estimate of drug-likeness (QED) is 0.401. The van der Waals surface area contributed by atoms with Crippen molar-refractivity contribution < 1.29 is 13.9 Å². The number of rotatable bonds is 3. The molecule has 1 unspecified atom stereocenters. The van der Waals surface area contributed by atoms with Crippen LogP contribution in [-0.4, -0.2) is 29.2 Å². The van der Waals surface area contributed by atoms with E-state index in [1.807, 2.05) is 34.6 Å². The number of anilines is 1. The van der Waals surface area contributed by atoms with Crippen LogP contribution in [0.25, 0.3) is 0 Å². The van der Waals surface area contributed by atoms with E-state index in [1.54, 1.807) is 20.9 Å². The summed E-state index contributed by atoms with van der Waals surface area (Å²) in [6.45, 7) is 13.6. The van der Waals surface area contributed by atoms with Gasteiger partial charge in [-0.25, -0.2) is 8.78 Å². The number of nitrogens with zero attached hydrogens (tertiary/aromatic N) is 1. The van der Waals surface area contributed by atoms with E-state index in [2.05, 4.69) is 4.99 Å². The number of aliphatic hydroxyl groups excluding tert-OH is 1. The molecule has 1 aromatic rings. The van der Waals surface area contributed by atoms with E-state index < -0.39 is 11.6 Å². The van der Waals surface area contributed by atoms with Crippen LogP contribution in [0.5, 0.6) is 0 Å². The summed E-state index contributed by atoms with van der Waals surface area (Å²) in [6, 6.07) is 2.44. The van der Waals surface area contributed by atoms with Gasteiger partial charge in [-0.1, -0.05) is 53.3 Å². The molecule has 0 heterocycles. The van der Waals surface area contributed by atoms with Crippen LogP contribution in [0.3, 0.4) is 0 Å². The van der Waals surface area contributed by atoms with Crippen molar-refractivity contribution in [2.75, 3.05) is 19.4 Å². The van der Waals surface area contributed by atoms with Gasteiger partial charge in [0.05, 0.1) is 0 Å². The minimum Gasteiger partial charge on any atom is -0.399 e. The molecule has 0 aromatic heterocycles. The number of aliphatic imine (C=N–C) groups is 1. The van der Waals surface area contributed by atoms with Crippen molar-refractivity contribution in [1.82, 2.24) is 0 Å². The number of nitrogen functional groups attached to an aromatic ring is 1. The molecule has 5 N–H and O–H groups in total. The van der Waals surface area contributed by atoms with Gasteiger partial charge in [0.15, 0.2) is 16.8 Å². The summed E-state index contributed by atoms with van der Waals surface area (Å²) >= 11 is 1.32. The van der Waals surface area contributed by atoms with Crippen LogP contribution in [-0.2, 0) is 0 Å². The highest BCUT2D eigenvalue weighted by Gasteiger charge is 2.22. The molecule has 7 heteroatoms. The summed E-state index contributed by atoms with van der Waals surface area (Å²) in [6.07, 6.45) is 0. The van der Waals surface area contributed by atoms with Gasteiger partial charge < -0.3 is 16.6 Å². The van der Waals surface area contributed by atoms with E-state index >= 15 is 0 Å². The Kier molecular flexibility index (Phi) is 19.9. The van der Waals surface area contributed by atoms with Crippen LogP contribution in [0.2, 0.25) is 0 Å². The molecule has 0 aliphatic rings. The third-order valence-electron chi connectivity index (χ3n) is 2.80. The molecule has 148 valence electrons. The van der Waals surface area contributed by atoms with Gasteiger partial charge in [0, 0.05) is 24.6 Å². The first-order chi connectivity index (χ1) is 11.8. The van der Waals surface area contributed by atoms with Gasteiger partial charge in [-0.2, -0.15) is 0 Å². The molecule has 2 atom stereocenters. The highest BCUT2D eigenvalue weighted by atomic mass is 32.2. The zero-order valence-electron chi connectivity index (χ0n) is 16.7. The molecular weight excluding hydrogens is 344 g/mol. The van der Waals surface area contributed by atoms with Crippen LogP contribution in [0, 0.1) is 11.6 Å². The minimum atomic E-state index is -0.925. The Morgan fingerprint density at radius 3 is 2.04 bits per heavy atom. The highest BCUT2D eigenvalue weighted by molar-refractivity contribution is 8.14.